The first-order valence-corrected chi connectivity index (χ1v) is 11.3. The Balaban J connectivity index is 1.35. The van der Waals surface area contributed by atoms with Crippen LogP contribution in [0, 0.1) is 0 Å². The molecule has 4 rings (SSSR count). The van der Waals surface area contributed by atoms with Crippen LogP contribution >= 0.6 is 0 Å². The Labute approximate surface area is 184 Å². The van der Waals surface area contributed by atoms with Gasteiger partial charge in [-0.15, -0.1) is 5.10 Å². The van der Waals surface area contributed by atoms with Gasteiger partial charge in [-0.1, -0.05) is 79.2 Å². The van der Waals surface area contributed by atoms with Crippen molar-refractivity contribution in [3.05, 3.63) is 83.2 Å². The number of piperidine rings is 1. The molecule has 3 aromatic rings. The summed E-state index contributed by atoms with van der Waals surface area (Å²) in [6.07, 6.45) is 3.65. The molecule has 2 aromatic carbocycles. The molecule has 0 spiro atoms. The smallest absolute Gasteiger partial charge is 0.273 e. The molecule has 2 heterocycles. The molecular weight excluding hydrogens is 386 g/mol. The van der Waals surface area contributed by atoms with E-state index in [0.29, 0.717) is 12.2 Å². The Morgan fingerprint density at radius 2 is 1.58 bits per heavy atom. The van der Waals surface area contributed by atoms with Crippen LogP contribution in [0.1, 0.15) is 53.5 Å². The van der Waals surface area contributed by atoms with Gasteiger partial charge < -0.3 is 5.32 Å². The van der Waals surface area contributed by atoms with Gasteiger partial charge in [-0.05, 0) is 30.4 Å². The summed E-state index contributed by atoms with van der Waals surface area (Å²) in [5.74, 6) is -0.0933. The highest BCUT2D eigenvalue weighted by atomic mass is 16.2. The standard InChI is InChI=1S/C25H31N5O/c1-2-9-23-24(27-28-30(23)19-21-12-7-4-8-13-21)25(31)26-22-14-16-29(17-15-22)18-20-10-5-3-6-11-20/h3-8,10-13,22H,2,9,14-19H2,1H3,(H,26,31). The molecule has 1 aromatic heterocycles. The number of hydrogen-bond donors (Lipinski definition) is 1. The fraction of sp³-hybridized carbons (Fsp3) is 0.400. The van der Waals surface area contributed by atoms with E-state index in [2.05, 4.69) is 63.9 Å². The molecule has 1 fully saturated rings. The van der Waals surface area contributed by atoms with Crippen LogP contribution in [-0.4, -0.2) is 44.9 Å². The van der Waals surface area contributed by atoms with Crippen molar-refractivity contribution >= 4 is 5.91 Å². The first kappa shape index (κ1) is 21.2. The SMILES string of the molecule is CCCc1c(C(=O)NC2CCN(Cc3ccccc3)CC2)nnn1Cc1ccccc1. The average Bonchev–Trinajstić information content (AvgIpc) is 3.19. The van der Waals surface area contributed by atoms with E-state index in [9.17, 15) is 4.79 Å². The van der Waals surface area contributed by atoms with E-state index in [0.717, 1.165) is 56.6 Å². The van der Waals surface area contributed by atoms with Crippen LogP contribution < -0.4 is 5.32 Å². The number of rotatable bonds is 8. The third-order valence-corrected chi connectivity index (χ3v) is 5.89. The second-order valence-electron chi connectivity index (χ2n) is 8.29. The molecule has 0 radical (unpaired) electrons. The highest BCUT2D eigenvalue weighted by Gasteiger charge is 2.25. The van der Waals surface area contributed by atoms with Crippen molar-refractivity contribution in [3.63, 3.8) is 0 Å². The molecule has 0 unspecified atom stereocenters. The number of benzene rings is 2. The molecule has 1 aliphatic rings. The van der Waals surface area contributed by atoms with Gasteiger partial charge in [0.15, 0.2) is 5.69 Å². The molecule has 1 N–H and O–H groups in total. The summed E-state index contributed by atoms with van der Waals surface area (Å²) in [6, 6.07) is 20.9. The van der Waals surface area contributed by atoms with E-state index in [4.69, 9.17) is 0 Å². The maximum Gasteiger partial charge on any atom is 0.273 e. The minimum Gasteiger partial charge on any atom is -0.348 e. The number of nitrogens with one attached hydrogen (secondary N) is 1. The summed E-state index contributed by atoms with van der Waals surface area (Å²) in [6.45, 7) is 5.69. The summed E-state index contributed by atoms with van der Waals surface area (Å²) in [5, 5.41) is 11.8. The van der Waals surface area contributed by atoms with Crippen molar-refractivity contribution in [2.75, 3.05) is 13.1 Å². The van der Waals surface area contributed by atoms with E-state index < -0.39 is 0 Å². The number of amides is 1. The van der Waals surface area contributed by atoms with Gasteiger partial charge >= 0.3 is 0 Å². The lowest BCUT2D eigenvalue weighted by atomic mass is 10.0. The first-order valence-electron chi connectivity index (χ1n) is 11.3. The molecule has 0 atom stereocenters. The predicted molar refractivity (Wildman–Crippen MR) is 122 cm³/mol. The zero-order valence-corrected chi connectivity index (χ0v) is 18.2. The summed E-state index contributed by atoms with van der Waals surface area (Å²) in [7, 11) is 0. The van der Waals surface area contributed by atoms with E-state index in [1.54, 1.807) is 0 Å². The number of nitrogens with zero attached hydrogens (tertiary/aromatic N) is 4. The fourth-order valence-corrected chi connectivity index (χ4v) is 4.21. The normalized spacial score (nSPS) is 15.1. The highest BCUT2D eigenvalue weighted by molar-refractivity contribution is 5.93. The zero-order chi connectivity index (χ0) is 21.5. The second kappa shape index (κ2) is 10.4. The summed E-state index contributed by atoms with van der Waals surface area (Å²) < 4.78 is 1.87. The van der Waals surface area contributed by atoms with Crippen molar-refractivity contribution in [1.82, 2.24) is 25.2 Å². The van der Waals surface area contributed by atoms with E-state index in [1.807, 2.05) is 28.9 Å². The van der Waals surface area contributed by atoms with Crippen LogP contribution in [0.3, 0.4) is 0 Å². The number of hydrogen-bond acceptors (Lipinski definition) is 4. The Morgan fingerprint density at radius 3 is 2.19 bits per heavy atom. The van der Waals surface area contributed by atoms with E-state index >= 15 is 0 Å². The van der Waals surface area contributed by atoms with Crippen LogP contribution in [-0.2, 0) is 19.5 Å². The number of likely N-dealkylation sites (tertiary alicyclic amines) is 1. The second-order valence-corrected chi connectivity index (χ2v) is 8.29. The molecule has 1 amide bonds. The third kappa shape index (κ3) is 5.58. The average molecular weight is 418 g/mol. The molecule has 31 heavy (non-hydrogen) atoms. The van der Waals surface area contributed by atoms with Gasteiger partial charge in [-0.2, -0.15) is 0 Å². The van der Waals surface area contributed by atoms with Gasteiger partial charge in [0, 0.05) is 25.7 Å². The first-order chi connectivity index (χ1) is 15.2. The number of carbonyl (C=O) groups is 1. The van der Waals surface area contributed by atoms with Crippen molar-refractivity contribution in [2.45, 2.75) is 51.7 Å². The van der Waals surface area contributed by atoms with Gasteiger partial charge in [0.25, 0.3) is 5.91 Å². The maximum absolute atomic E-state index is 13.0. The van der Waals surface area contributed by atoms with E-state index in [-0.39, 0.29) is 11.9 Å². The van der Waals surface area contributed by atoms with Crippen LogP contribution in [0.2, 0.25) is 0 Å². The third-order valence-electron chi connectivity index (χ3n) is 5.89. The van der Waals surface area contributed by atoms with Gasteiger partial charge in [0.2, 0.25) is 0 Å². The molecule has 1 saturated heterocycles. The van der Waals surface area contributed by atoms with Gasteiger partial charge in [-0.25, -0.2) is 4.68 Å². The van der Waals surface area contributed by atoms with E-state index in [1.165, 1.54) is 5.56 Å². The molecular formula is C25H31N5O. The van der Waals surface area contributed by atoms with Crippen LogP contribution in [0.4, 0.5) is 0 Å². The minimum absolute atomic E-state index is 0.0933. The van der Waals surface area contributed by atoms with Crippen LogP contribution in [0.5, 0.6) is 0 Å². The predicted octanol–water partition coefficient (Wildman–Crippen LogP) is 3.67. The maximum atomic E-state index is 13.0. The number of aromatic nitrogens is 3. The lowest BCUT2D eigenvalue weighted by Gasteiger charge is -2.32. The fourth-order valence-electron chi connectivity index (χ4n) is 4.21. The Kier molecular flexibility index (Phi) is 7.10. The van der Waals surface area contributed by atoms with Crippen molar-refractivity contribution in [3.8, 4) is 0 Å². The number of carbonyl (C=O) groups excluding carboxylic acids is 1. The monoisotopic (exact) mass is 417 g/mol. The molecule has 0 aliphatic carbocycles. The summed E-state index contributed by atoms with van der Waals surface area (Å²) in [4.78, 5) is 15.5. The van der Waals surface area contributed by atoms with Crippen molar-refractivity contribution in [2.24, 2.45) is 0 Å². The van der Waals surface area contributed by atoms with Crippen molar-refractivity contribution < 1.29 is 4.79 Å². The molecule has 6 heteroatoms. The minimum atomic E-state index is -0.0933. The van der Waals surface area contributed by atoms with Crippen molar-refractivity contribution in [1.29, 1.82) is 0 Å². The van der Waals surface area contributed by atoms with Gasteiger partial charge in [0.1, 0.15) is 0 Å². The van der Waals surface area contributed by atoms with Crippen LogP contribution in [0.15, 0.2) is 60.7 Å². The van der Waals surface area contributed by atoms with Crippen LogP contribution in [0.25, 0.3) is 0 Å². The van der Waals surface area contributed by atoms with Gasteiger partial charge in [-0.3, -0.25) is 9.69 Å². The molecule has 0 saturated carbocycles. The zero-order valence-electron chi connectivity index (χ0n) is 18.2. The Hall–Kier alpha value is -2.99. The summed E-state index contributed by atoms with van der Waals surface area (Å²) >= 11 is 0. The Bertz CT molecular complexity index is 962. The highest BCUT2D eigenvalue weighted by Crippen LogP contribution is 2.16. The lowest BCUT2D eigenvalue weighted by molar-refractivity contribution is 0.0902. The van der Waals surface area contributed by atoms with Gasteiger partial charge in [0.05, 0.1) is 12.2 Å². The molecule has 162 valence electrons. The summed E-state index contributed by atoms with van der Waals surface area (Å²) in [5.41, 5.74) is 3.89. The molecule has 1 aliphatic heterocycles. The Morgan fingerprint density at radius 1 is 0.968 bits per heavy atom. The molecule has 0 bridgehead atoms. The topological polar surface area (TPSA) is 63.1 Å². The largest absolute Gasteiger partial charge is 0.348 e. The quantitative estimate of drug-likeness (QED) is 0.607. The molecule has 6 nitrogen and oxygen atoms in total. The lowest BCUT2D eigenvalue weighted by Crippen LogP contribution is -2.44.